The quantitative estimate of drug-likeness (QED) is 0.682. The Labute approximate surface area is 120 Å². The van der Waals surface area contributed by atoms with Crippen LogP contribution in [-0.4, -0.2) is 41.9 Å². The molecule has 112 valence electrons. The standard InChI is InChI=1S/C13H17FO4S2/c1-20(17,18)10-9-19(16)8-2-3-13(15)11-4-6-12(14)7-5-11/h4-7H,2-3,8-10H2,1H3. The Balaban J connectivity index is 2.32. The Hall–Kier alpha value is -1.08. The zero-order valence-electron chi connectivity index (χ0n) is 11.2. The first-order chi connectivity index (χ1) is 9.28. The normalized spacial score (nSPS) is 13.1. The van der Waals surface area contributed by atoms with Crippen molar-refractivity contribution in [3.05, 3.63) is 35.6 Å². The number of rotatable bonds is 8. The lowest BCUT2D eigenvalue weighted by Gasteiger charge is -2.02. The minimum atomic E-state index is -3.10. The molecule has 1 unspecified atom stereocenters. The van der Waals surface area contributed by atoms with Crippen LogP contribution < -0.4 is 0 Å². The molecule has 0 N–H and O–H groups in total. The number of hydrogen-bond donors (Lipinski definition) is 0. The molecule has 0 aliphatic heterocycles. The number of carbonyl (C=O) groups is 1. The van der Waals surface area contributed by atoms with Crippen molar-refractivity contribution in [3.63, 3.8) is 0 Å². The Morgan fingerprint density at radius 2 is 1.80 bits per heavy atom. The van der Waals surface area contributed by atoms with Gasteiger partial charge in [-0.3, -0.25) is 9.00 Å². The van der Waals surface area contributed by atoms with E-state index in [4.69, 9.17) is 0 Å². The minimum Gasteiger partial charge on any atom is -0.294 e. The highest BCUT2D eigenvalue weighted by Gasteiger charge is 2.09. The molecule has 0 aromatic heterocycles. The minimum absolute atomic E-state index is 0.101. The zero-order chi connectivity index (χ0) is 15.2. The third-order valence-corrected chi connectivity index (χ3v) is 5.23. The third kappa shape index (κ3) is 6.91. The lowest BCUT2D eigenvalue weighted by atomic mass is 10.1. The molecule has 0 bridgehead atoms. The first-order valence-corrected chi connectivity index (χ1v) is 9.64. The molecule has 0 saturated heterocycles. The van der Waals surface area contributed by atoms with Gasteiger partial charge in [0.15, 0.2) is 5.78 Å². The second-order valence-electron chi connectivity index (χ2n) is 4.51. The molecule has 0 aliphatic carbocycles. The Bertz CT molecular complexity index is 579. The largest absolute Gasteiger partial charge is 0.294 e. The lowest BCUT2D eigenvalue weighted by Crippen LogP contribution is -2.14. The molecule has 0 radical (unpaired) electrons. The van der Waals surface area contributed by atoms with E-state index in [1.54, 1.807) is 0 Å². The number of Topliss-reactive ketones (excluding diaryl/α,β-unsaturated/α-hetero) is 1. The predicted octanol–water partition coefficient (Wildman–Crippen LogP) is 1.58. The molecular weight excluding hydrogens is 303 g/mol. The number of benzene rings is 1. The van der Waals surface area contributed by atoms with E-state index >= 15 is 0 Å². The van der Waals surface area contributed by atoms with Gasteiger partial charge in [-0.05, 0) is 30.7 Å². The predicted molar refractivity (Wildman–Crippen MR) is 77.6 cm³/mol. The molecule has 1 aromatic carbocycles. The molecule has 0 fully saturated rings. The van der Waals surface area contributed by atoms with E-state index in [0.29, 0.717) is 17.7 Å². The van der Waals surface area contributed by atoms with Crippen molar-refractivity contribution in [2.24, 2.45) is 0 Å². The Morgan fingerprint density at radius 1 is 1.20 bits per heavy atom. The van der Waals surface area contributed by atoms with E-state index in [1.165, 1.54) is 24.3 Å². The maximum absolute atomic E-state index is 12.7. The van der Waals surface area contributed by atoms with Gasteiger partial charge in [-0.1, -0.05) is 0 Å². The monoisotopic (exact) mass is 320 g/mol. The van der Waals surface area contributed by atoms with Gasteiger partial charge in [-0.2, -0.15) is 0 Å². The van der Waals surface area contributed by atoms with Crippen LogP contribution in [0.5, 0.6) is 0 Å². The van der Waals surface area contributed by atoms with E-state index in [0.717, 1.165) is 6.26 Å². The zero-order valence-corrected chi connectivity index (χ0v) is 12.8. The summed E-state index contributed by atoms with van der Waals surface area (Å²) >= 11 is 0. The van der Waals surface area contributed by atoms with Crippen molar-refractivity contribution in [2.75, 3.05) is 23.5 Å². The number of hydrogen-bond acceptors (Lipinski definition) is 4. The number of ketones is 1. The van der Waals surface area contributed by atoms with Gasteiger partial charge in [0.25, 0.3) is 0 Å². The maximum Gasteiger partial charge on any atom is 0.162 e. The summed E-state index contributed by atoms with van der Waals surface area (Å²) in [7, 11) is -4.34. The highest BCUT2D eigenvalue weighted by atomic mass is 32.2. The lowest BCUT2D eigenvalue weighted by molar-refractivity contribution is 0.0982. The summed E-state index contributed by atoms with van der Waals surface area (Å²) < 4.78 is 46.0. The fraction of sp³-hybridized carbons (Fsp3) is 0.462. The fourth-order valence-corrected chi connectivity index (χ4v) is 4.15. The summed E-state index contributed by atoms with van der Waals surface area (Å²) in [5, 5.41) is 0. The molecule has 0 spiro atoms. The number of sulfone groups is 1. The van der Waals surface area contributed by atoms with Crippen molar-refractivity contribution in [3.8, 4) is 0 Å². The smallest absolute Gasteiger partial charge is 0.162 e. The van der Waals surface area contributed by atoms with Gasteiger partial charge in [-0.25, -0.2) is 12.8 Å². The Morgan fingerprint density at radius 3 is 2.35 bits per heavy atom. The summed E-state index contributed by atoms with van der Waals surface area (Å²) in [6.07, 6.45) is 1.74. The summed E-state index contributed by atoms with van der Waals surface area (Å²) in [5.74, 6) is -0.245. The van der Waals surface area contributed by atoms with Crippen LogP contribution in [0.4, 0.5) is 4.39 Å². The molecule has 0 heterocycles. The van der Waals surface area contributed by atoms with Crippen molar-refractivity contribution in [1.29, 1.82) is 0 Å². The van der Waals surface area contributed by atoms with Crippen molar-refractivity contribution >= 4 is 26.4 Å². The van der Waals surface area contributed by atoms with Gasteiger partial charge in [-0.15, -0.1) is 0 Å². The van der Waals surface area contributed by atoms with Gasteiger partial charge in [0.1, 0.15) is 15.7 Å². The van der Waals surface area contributed by atoms with Crippen LogP contribution >= 0.6 is 0 Å². The van der Waals surface area contributed by atoms with Crippen LogP contribution in [0.15, 0.2) is 24.3 Å². The maximum atomic E-state index is 12.7. The first kappa shape index (κ1) is 17.0. The summed E-state index contributed by atoms with van der Waals surface area (Å²) in [6.45, 7) is 0. The first-order valence-electron chi connectivity index (χ1n) is 6.09. The van der Waals surface area contributed by atoms with E-state index in [2.05, 4.69) is 0 Å². The molecular formula is C13H17FO4S2. The SMILES string of the molecule is CS(=O)(=O)CCS(=O)CCCC(=O)c1ccc(F)cc1. The van der Waals surface area contributed by atoms with E-state index in [1.807, 2.05) is 0 Å². The van der Waals surface area contributed by atoms with Crippen LogP contribution in [0.3, 0.4) is 0 Å². The van der Waals surface area contributed by atoms with E-state index in [9.17, 15) is 21.8 Å². The second kappa shape index (κ2) is 7.64. The summed E-state index contributed by atoms with van der Waals surface area (Å²) in [6, 6.07) is 5.27. The second-order valence-corrected chi connectivity index (χ2v) is 8.47. The third-order valence-electron chi connectivity index (χ3n) is 2.62. The van der Waals surface area contributed by atoms with Gasteiger partial charge in [0, 0.05) is 40.5 Å². The van der Waals surface area contributed by atoms with Crippen molar-refractivity contribution in [2.45, 2.75) is 12.8 Å². The van der Waals surface area contributed by atoms with Crippen molar-refractivity contribution < 1.29 is 21.8 Å². The molecule has 1 atom stereocenters. The molecule has 0 amide bonds. The number of carbonyl (C=O) groups excluding carboxylic acids is 1. The molecule has 1 aromatic rings. The van der Waals surface area contributed by atoms with Crippen LogP contribution in [-0.2, 0) is 20.6 Å². The van der Waals surface area contributed by atoms with Crippen LogP contribution in [0.1, 0.15) is 23.2 Å². The molecule has 4 nitrogen and oxygen atoms in total. The molecule has 20 heavy (non-hydrogen) atoms. The Kier molecular flexibility index (Phi) is 6.48. The molecule has 7 heteroatoms. The van der Waals surface area contributed by atoms with Gasteiger partial charge < -0.3 is 0 Å². The highest BCUT2D eigenvalue weighted by Crippen LogP contribution is 2.07. The van der Waals surface area contributed by atoms with Gasteiger partial charge >= 0.3 is 0 Å². The average molecular weight is 320 g/mol. The summed E-state index contributed by atoms with van der Waals surface area (Å²) in [5.41, 5.74) is 0.424. The van der Waals surface area contributed by atoms with E-state index in [-0.39, 0.29) is 23.7 Å². The molecule has 1 rings (SSSR count). The van der Waals surface area contributed by atoms with E-state index < -0.39 is 26.5 Å². The van der Waals surface area contributed by atoms with Crippen LogP contribution in [0, 0.1) is 5.82 Å². The summed E-state index contributed by atoms with van der Waals surface area (Å²) in [4.78, 5) is 11.7. The molecule has 0 saturated carbocycles. The van der Waals surface area contributed by atoms with Crippen molar-refractivity contribution in [1.82, 2.24) is 0 Å². The highest BCUT2D eigenvalue weighted by molar-refractivity contribution is 7.92. The molecule has 0 aliphatic rings. The topological polar surface area (TPSA) is 68.3 Å². The van der Waals surface area contributed by atoms with Crippen LogP contribution in [0.2, 0.25) is 0 Å². The van der Waals surface area contributed by atoms with Crippen LogP contribution in [0.25, 0.3) is 0 Å². The fourth-order valence-electron chi connectivity index (χ4n) is 1.52. The van der Waals surface area contributed by atoms with Gasteiger partial charge in [0.2, 0.25) is 0 Å². The number of halogens is 1. The van der Waals surface area contributed by atoms with Gasteiger partial charge in [0.05, 0.1) is 5.75 Å². The average Bonchev–Trinajstić information content (AvgIpc) is 2.36.